The average Bonchev–Trinajstić information content (AvgIpc) is 1.82. The third-order valence-electron chi connectivity index (χ3n) is 1.27. The second-order valence-corrected chi connectivity index (χ2v) is 7.03. The molecule has 0 saturated carbocycles. The van der Waals surface area contributed by atoms with Crippen LogP contribution in [0.25, 0.3) is 0 Å². The first-order valence-corrected chi connectivity index (χ1v) is 7.63. The zero-order valence-electron chi connectivity index (χ0n) is 7.78. The zero-order chi connectivity index (χ0) is 10.5. The highest BCUT2D eigenvalue weighted by Gasteiger charge is 2.09. The van der Waals surface area contributed by atoms with Crippen LogP contribution >= 0.6 is 0 Å². The summed E-state index contributed by atoms with van der Waals surface area (Å²) in [6, 6.07) is 0. The molecule has 0 atom stereocenters. The lowest BCUT2D eigenvalue weighted by atomic mass is 10.6. The number of sulfonamides is 1. The van der Waals surface area contributed by atoms with Gasteiger partial charge in [-0.1, -0.05) is 6.92 Å². The summed E-state index contributed by atoms with van der Waals surface area (Å²) in [6.45, 7) is 1.71. The Hall–Kier alpha value is -0.140. The number of rotatable bonds is 6. The van der Waals surface area contributed by atoms with Crippen LogP contribution in [0.2, 0.25) is 0 Å². The summed E-state index contributed by atoms with van der Waals surface area (Å²) in [6.07, 6.45) is 1.59. The molecule has 7 heteroatoms. The Labute approximate surface area is 79.5 Å². The minimum atomic E-state index is -3.27. The minimum Gasteiger partial charge on any atom is -0.229 e. The van der Waals surface area contributed by atoms with Crippen LogP contribution in [0.15, 0.2) is 0 Å². The van der Waals surface area contributed by atoms with Crippen molar-refractivity contribution in [2.75, 3.05) is 24.3 Å². The van der Waals surface area contributed by atoms with Gasteiger partial charge in [0.15, 0.2) is 0 Å². The fourth-order valence-corrected chi connectivity index (χ4v) is 2.42. The Morgan fingerprint density at radius 3 is 2.00 bits per heavy atom. The summed E-state index contributed by atoms with van der Waals surface area (Å²) in [4.78, 5) is 0. The van der Waals surface area contributed by atoms with Crippen molar-refractivity contribution in [2.24, 2.45) is 0 Å². The van der Waals surface area contributed by atoms with Crippen LogP contribution in [0.3, 0.4) is 0 Å². The molecule has 0 aromatic rings. The van der Waals surface area contributed by atoms with E-state index >= 15 is 0 Å². The Bertz CT molecular complexity index is 330. The number of sulfone groups is 1. The molecular weight excluding hydrogens is 214 g/mol. The van der Waals surface area contributed by atoms with Crippen molar-refractivity contribution in [3.63, 3.8) is 0 Å². The van der Waals surface area contributed by atoms with E-state index in [2.05, 4.69) is 4.72 Å². The number of nitrogens with one attached hydrogen (secondary N) is 1. The molecule has 0 aliphatic carbocycles. The molecule has 13 heavy (non-hydrogen) atoms. The van der Waals surface area contributed by atoms with Crippen molar-refractivity contribution in [1.29, 1.82) is 0 Å². The lowest BCUT2D eigenvalue weighted by molar-refractivity contribution is 0.580. The Kier molecular flexibility index (Phi) is 4.87. The van der Waals surface area contributed by atoms with Crippen LogP contribution in [0.4, 0.5) is 0 Å². The molecule has 0 aliphatic rings. The molecule has 0 saturated heterocycles. The van der Waals surface area contributed by atoms with Crippen molar-refractivity contribution in [3.8, 4) is 0 Å². The maximum atomic E-state index is 11.0. The van der Waals surface area contributed by atoms with E-state index in [-0.39, 0.29) is 18.1 Å². The first-order valence-electron chi connectivity index (χ1n) is 3.92. The number of hydrogen-bond donors (Lipinski definition) is 1. The van der Waals surface area contributed by atoms with Crippen LogP contribution < -0.4 is 4.72 Å². The minimum absolute atomic E-state index is 0.0385. The highest BCUT2D eigenvalue weighted by Crippen LogP contribution is 1.88. The molecule has 5 nitrogen and oxygen atoms in total. The molecule has 0 aromatic heterocycles. The van der Waals surface area contributed by atoms with Gasteiger partial charge in [-0.15, -0.1) is 0 Å². The zero-order valence-corrected chi connectivity index (χ0v) is 9.41. The molecule has 0 bridgehead atoms. The van der Waals surface area contributed by atoms with E-state index in [0.29, 0.717) is 6.42 Å². The molecule has 1 N–H and O–H groups in total. The van der Waals surface area contributed by atoms with Gasteiger partial charge in [0.1, 0.15) is 9.84 Å². The summed E-state index contributed by atoms with van der Waals surface area (Å²) in [5, 5.41) is 0. The van der Waals surface area contributed by atoms with Gasteiger partial charge < -0.3 is 0 Å². The first-order chi connectivity index (χ1) is 5.77. The van der Waals surface area contributed by atoms with E-state index in [1.807, 2.05) is 0 Å². The average molecular weight is 229 g/mol. The molecular formula is C6H15NO4S2. The van der Waals surface area contributed by atoms with Crippen molar-refractivity contribution in [3.05, 3.63) is 0 Å². The van der Waals surface area contributed by atoms with Crippen molar-refractivity contribution in [1.82, 2.24) is 4.72 Å². The maximum absolute atomic E-state index is 11.0. The summed E-state index contributed by atoms with van der Waals surface area (Å²) in [7, 11) is -6.36. The summed E-state index contributed by atoms with van der Waals surface area (Å²) in [5.74, 6) is -0.118. The Morgan fingerprint density at radius 1 is 1.08 bits per heavy atom. The predicted molar refractivity (Wildman–Crippen MR) is 51.8 cm³/mol. The molecule has 0 radical (unpaired) electrons. The largest absolute Gasteiger partial charge is 0.229 e. The normalized spacial score (nSPS) is 13.1. The Morgan fingerprint density at radius 2 is 1.62 bits per heavy atom. The summed E-state index contributed by atoms with van der Waals surface area (Å²) < 4.78 is 45.5. The quantitative estimate of drug-likeness (QED) is 0.657. The molecule has 0 amide bonds. The lowest BCUT2D eigenvalue weighted by Crippen LogP contribution is -2.30. The third-order valence-corrected chi connectivity index (χ3v) is 3.80. The van der Waals surface area contributed by atoms with Crippen LogP contribution in [-0.4, -0.2) is 41.1 Å². The molecule has 80 valence electrons. The van der Waals surface area contributed by atoms with Crippen molar-refractivity contribution < 1.29 is 16.8 Å². The van der Waals surface area contributed by atoms with Gasteiger partial charge in [0.05, 0.1) is 11.5 Å². The molecule has 0 heterocycles. The predicted octanol–water partition coefficient (Wildman–Crippen LogP) is -0.640. The Balaban J connectivity index is 3.91. The second-order valence-electron chi connectivity index (χ2n) is 2.84. The monoisotopic (exact) mass is 229 g/mol. The molecule has 0 aromatic carbocycles. The van der Waals surface area contributed by atoms with Gasteiger partial charge in [0, 0.05) is 12.8 Å². The van der Waals surface area contributed by atoms with E-state index in [1.54, 1.807) is 6.92 Å². The summed E-state index contributed by atoms with van der Waals surface area (Å²) in [5.41, 5.74) is 0. The van der Waals surface area contributed by atoms with Gasteiger partial charge in [-0.25, -0.2) is 21.6 Å². The third kappa shape index (κ3) is 8.20. The maximum Gasteiger partial charge on any atom is 0.211 e. The molecule has 0 fully saturated rings. The fourth-order valence-electron chi connectivity index (χ4n) is 0.723. The van der Waals surface area contributed by atoms with Crippen LogP contribution in [0, 0.1) is 0 Å². The van der Waals surface area contributed by atoms with Gasteiger partial charge in [0.2, 0.25) is 10.0 Å². The van der Waals surface area contributed by atoms with Gasteiger partial charge in [-0.2, -0.15) is 0 Å². The van der Waals surface area contributed by atoms with Crippen molar-refractivity contribution in [2.45, 2.75) is 13.3 Å². The van der Waals surface area contributed by atoms with E-state index < -0.39 is 19.9 Å². The van der Waals surface area contributed by atoms with Crippen LogP contribution in [0.5, 0.6) is 0 Å². The fraction of sp³-hybridized carbons (Fsp3) is 1.00. The number of hydrogen-bond acceptors (Lipinski definition) is 4. The molecule has 0 unspecified atom stereocenters. The highest BCUT2D eigenvalue weighted by atomic mass is 32.2. The van der Waals surface area contributed by atoms with E-state index in [0.717, 1.165) is 6.26 Å². The smallest absolute Gasteiger partial charge is 0.211 e. The topological polar surface area (TPSA) is 80.3 Å². The van der Waals surface area contributed by atoms with Crippen molar-refractivity contribution >= 4 is 19.9 Å². The van der Waals surface area contributed by atoms with E-state index in [9.17, 15) is 16.8 Å². The SMILES string of the molecule is CCCS(=O)(=O)NCCS(C)(=O)=O. The molecule has 0 aliphatic heterocycles. The van der Waals surface area contributed by atoms with E-state index in [1.165, 1.54) is 0 Å². The van der Waals surface area contributed by atoms with Crippen LogP contribution in [-0.2, 0) is 19.9 Å². The standard InChI is InChI=1S/C6H15NO4S2/c1-3-5-13(10,11)7-4-6-12(2,8)9/h7H,3-6H2,1-2H3. The van der Waals surface area contributed by atoms with Gasteiger partial charge in [-0.05, 0) is 6.42 Å². The molecule has 0 rings (SSSR count). The lowest BCUT2D eigenvalue weighted by Gasteiger charge is -2.03. The van der Waals surface area contributed by atoms with Crippen LogP contribution in [0.1, 0.15) is 13.3 Å². The van der Waals surface area contributed by atoms with Gasteiger partial charge >= 0.3 is 0 Å². The second kappa shape index (κ2) is 4.92. The van der Waals surface area contributed by atoms with Gasteiger partial charge in [0.25, 0.3) is 0 Å². The first kappa shape index (κ1) is 12.9. The van der Waals surface area contributed by atoms with Gasteiger partial charge in [-0.3, -0.25) is 0 Å². The summed E-state index contributed by atoms with van der Waals surface area (Å²) >= 11 is 0. The van der Waals surface area contributed by atoms with E-state index in [4.69, 9.17) is 0 Å². The highest BCUT2D eigenvalue weighted by molar-refractivity contribution is 7.91. The molecule has 0 spiro atoms.